The number of rotatable bonds is 24. The summed E-state index contributed by atoms with van der Waals surface area (Å²) in [5.41, 5.74) is 0.753. The molecular weight excluding hydrogens is 615 g/mol. The van der Waals surface area contributed by atoms with Gasteiger partial charge in [0.15, 0.2) is 0 Å². The van der Waals surface area contributed by atoms with Gasteiger partial charge >= 0.3 is 121 Å². The van der Waals surface area contributed by atoms with E-state index < -0.39 is 11.9 Å². The van der Waals surface area contributed by atoms with Crippen LogP contribution in [0, 0.1) is 10.8 Å². The molecule has 0 aromatic carbocycles. The van der Waals surface area contributed by atoms with Crippen LogP contribution >= 0.6 is 0 Å². The fourth-order valence-corrected chi connectivity index (χ4v) is 7.96. The summed E-state index contributed by atoms with van der Waals surface area (Å²) in [6, 6.07) is 0. The first kappa shape index (κ1) is 45.2. The van der Waals surface area contributed by atoms with Gasteiger partial charge in [0.25, 0.3) is 0 Å². The van der Waals surface area contributed by atoms with Crippen LogP contribution in [0.15, 0.2) is 0 Å². The Kier molecular flexibility index (Phi) is 36.0. The van der Waals surface area contributed by atoms with Crippen molar-refractivity contribution in [3.8, 4) is 0 Å². The minimum atomic E-state index is -0.925. The van der Waals surface area contributed by atoms with Gasteiger partial charge in [0.2, 0.25) is 0 Å². The Morgan fingerprint density at radius 2 is 0.756 bits per heavy atom. The molecule has 0 aromatic heterocycles. The molecule has 1 radical (unpaired) electrons. The van der Waals surface area contributed by atoms with E-state index in [9.17, 15) is 19.8 Å². The molecule has 0 heterocycles. The quantitative estimate of drug-likeness (QED) is 0.0748. The van der Waals surface area contributed by atoms with Crippen LogP contribution in [-0.4, -0.2) is 33.1 Å². The van der Waals surface area contributed by atoms with E-state index in [-0.39, 0.29) is 34.0 Å². The van der Waals surface area contributed by atoms with Gasteiger partial charge in [-0.25, -0.2) is 0 Å². The molecule has 0 rings (SSSR count). The first-order valence-corrected chi connectivity index (χ1v) is 21.4. The van der Waals surface area contributed by atoms with Gasteiger partial charge in [-0.1, -0.05) is 67.2 Å². The number of carbonyl (C=O) groups excluding carboxylic acids is 2. The van der Waals surface area contributed by atoms with E-state index in [0.29, 0.717) is 10.8 Å². The van der Waals surface area contributed by atoms with Crippen LogP contribution in [0.3, 0.4) is 0 Å². The molecule has 0 fully saturated rings. The maximum atomic E-state index is 10.0. The first-order chi connectivity index (χ1) is 19.2. The van der Waals surface area contributed by atoms with E-state index in [0.717, 1.165) is 38.5 Å². The van der Waals surface area contributed by atoms with E-state index >= 15 is 0 Å². The van der Waals surface area contributed by atoms with Crippen molar-refractivity contribution >= 4 is 33.1 Å². The molecule has 0 amide bonds. The third-order valence-electron chi connectivity index (χ3n) is 7.03. The second kappa shape index (κ2) is 32.6. The van der Waals surface area contributed by atoms with Crippen molar-refractivity contribution in [1.82, 2.24) is 0 Å². The summed E-state index contributed by atoms with van der Waals surface area (Å²) >= 11 is 0.0736. The molecule has 0 spiro atoms. The van der Waals surface area contributed by atoms with Gasteiger partial charge in [0, 0.05) is 11.9 Å². The zero-order chi connectivity index (χ0) is 31.8. The molecule has 0 aliphatic carbocycles. The van der Waals surface area contributed by atoms with Crippen LogP contribution in [0.1, 0.15) is 197 Å². The minimum absolute atomic E-state index is 0.0736. The maximum absolute atomic E-state index is 10.0. The number of hydrogen-bond acceptors (Lipinski definition) is 4. The Balaban J connectivity index is -0.000000542. The summed E-state index contributed by atoms with van der Waals surface area (Å²) in [5.74, 6) is -1.85. The molecule has 0 bridgehead atoms. The average molecular weight is 688 g/mol. The summed E-state index contributed by atoms with van der Waals surface area (Å²) in [6.07, 6.45) is 26.4. The van der Waals surface area contributed by atoms with Gasteiger partial charge in [0.05, 0.1) is 0 Å². The zero-order valence-corrected chi connectivity index (χ0v) is 32.0. The Labute approximate surface area is 268 Å². The summed E-state index contributed by atoms with van der Waals surface area (Å²) in [6.45, 7) is 17.8. The Bertz CT molecular complexity index is 501. The molecule has 41 heavy (non-hydrogen) atoms. The van der Waals surface area contributed by atoms with Crippen LogP contribution in [0.2, 0.25) is 8.87 Å². The van der Waals surface area contributed by atoms with Crippen LogP contribution in [0.5, 0.6) is 0 Å². The Morgan fingerprint density at radius 3 is 1.05 bits per heavy atom. The molecule has 0 aliphatic heterocycles. The fraction of sp³-hybridized carbons (Fsp3) is 0.944. The molecule has 247 valence electrons. The summed E-state index contributed by atoms with van der Waals surface area (Å²) in [7, 11) is 0. The van der Waals surface area contributed by atoms with Gasteiger partial charge in [-0.2, -0.15) is 0 Å². The number of carboxylic acids is 2. The number of carboxylic acid groups (broad SMARTS) is 2. The second-order valence-electron chi connectivity index (χ2n) is 14.3. The third kappa shape index (κ3) is 56.2. The molecule has 0 saturated carbocycles. The number of carbonyl (C=O) groups is 2. The van der Waals surface area contributed by atoms with Crippen LogP contribution in [0.25, 0.3) is 0 Å². The van der Waals surface area contributed by atoms with Gasteiger partial charge in [0.1, 0.15) is 0 Å². The van der Waals surface area contributed by atoms with Crippen molar-refractivity contribution < 1.29 is 19.8 Å². The summed E-state index contributed by atoms with van der Waals surface area (Å²) in [4.78, 5) is 20.1. The summed E-state index contributed by atoms with van der Waals surface area (Å²) < 4.78 is 3.31. The van der Waals surface area contributed by atoms with Gasteiger partial charge in [-0.3, -0.25) is 0 Å². The van der Waals surface area contributed by atoms with Crippen molar-refractivity contribution in [2.75, 3.05) is 0 Å². The fourth-order valence-electron chi connectivity index (χ4n) is 4.39. The van der Waals surface area contributed by atoms with Crippen molar-refractivity contribution in [2.24, 2.45) is 10.8 Å². The molecular formula is C36H72O4Sn-3. The summed E-state index contributed by atoms with van der Waals surface area (Å²) in [5, 5.41) is 20.1. The van der Waals surface area contributed by atoms with Crippen LogP contribution in [-0.2, 0) is 9.59 Å². The van der Waals surface area contributed by atoms with Crippen molar-refractivity contribution in [3.63, 3.8) is 0 Å². The van der Waals surface area contributed by atoms with Crippen LogP contribution in [0.4, 0.5) is 0 Å². The molecule has 0 atom stereocenters. The predicted molar refractivity (Wildman–Crippen MR) is 177 cm³/mol. The molecule has 4 nitrogen and oxygen atoms in total. The second-order valence-corrected chi connectivity index (χ2v) is 18.6. The molecule has 0 saturated heterocycles. The Morgan fingerprint density at radius 1 is 0.463 bits per heavy atom. The third-order valence-corrected chi connectivity index (χ3v) is 11.1. The molecule has 0 aliphatic rings. The molecule has 5 heteroatoms. The van der Waals surface area contributed by atoms with E-state index in [1.54, 1.807) is 21.7 Å². The number of hydrogen-bond donors (Lipinski definition) is 0. The van der Waals surface area contributed by atoms with E-state index in [1.807, 2.05) is 0 Å². The van der Waals surface area contributed by atoms with E-state index in [2.05, 4.69) is 55.4 Å². The first-order valence-electron chi connectivity index (χ1n) is 17.4. The Hall–Kier alpha value is -0.261. The predicted octanol–water partition coefficient (Wildman–Crippen LogP) is 9.71. The number of unbranched alkanes of at least 4 members (excludes halogenated alkanes) is 14. The average Bonchev–Trinajstić information content (AvgIpc) is 2.85. The SMILES string of the molecule is CC(C)(C)CCCCCC(=O)[O-].CC(C)(C)CCCCCC(=O)[O-].CCCCCCC[CH2][Sn-][CH2]CCCCCCC. The van der Waals surface area contributed by atoms with Crippen molar-refractivity contribution in [2.45, 2.75) is 206 Å². The molecule has 0 unspecified atom stereocenters. The van der Waals surface area contributed by atoms with Gasteiger partial charge in [-0.05, 0) is 49.4 Å². The normalized spacial score (nSPS) is 11.3. The van der Waals surface area contributed by atoms with Crippen molar-refractivity contribution in [3.05, 3.63) is 0 Å². The standard InChI is InChI=1S/2C10H20O2.2C8H17.Sn/c2*1-10(2,3)8-6-4-5-7-9(11)12;2*1-3-5-7-8-6-4-2;/h2*4-8H2,1-3H3,(H,11,12);2*1,3-8H2,2H3;/q;;;;-1/p-2. The monoisotopic (exact) mass is 688 g/mol. The van der Waals surface area contributed by atoms with Gasteiger partial charge < -0.3 is 19.8 Å². The molecule has 0 N–H and O–H groups in total. The number of aliphatic carboxylic acids is 2. The van der Waals surface area contributed by atoms with E-state index in [4.69, 9.17) is 0 Å². The topological polar surface area (TPSA) is 80.3 Å². The zero-order valence-electron chi connectivity index (χ0n) is 29.1. The van der Waals surface area contributed by atoms with Gasteiger partial charge in [-0.15, -0.1) is 0 Å². The molecule has 0 aromatic rings. The van der Waals surface area contributed by atoms with Crippen LogP contribution < -0.4 is 10.2 Å². The van der Waals surface area contributed by atoms with E-state index in [1.165, 1.54) is 77.0 Å². The van der Waals surface area contributed by atoms with Crippen molar-refractivity contribution in [1.29, 1.82) is 0 Å².